The Kier molecular flexibility index (Phi) is 5.25. The molecule has 3 aromatic rings. The molecule has 128 valence electrons. The smallest absolute Gasteiger partial charge is 0.274 e. The summed E-state index contributed by atoms with van der Waals surface area (Å²) < 4.78 is 23.7. The molecule has 0 fully saturated rings. The van der Waals surface area contributed by atoms with Gasteiger partial charge in [0.25, 0.3) is 7.37 Å². The number of ether oxygens (including phenoxy) is 1. The Labute approximate surface area is 148 Å². The molecular formula is C21H21O3P. The van der Waals surface area contributed by atoms with Crippen LogP contribution >= 0.6 is 7.37 Å². The van der Waals surface area contributed by atoms with E-state index >= 15 is 0 Å². The molecule has 0 saturated carbocycles. The molecule has 3 rings (SSSR count). The number of methoxy groups -OCH3 is 1. The monoisotopic (exact) mass is 352 g/mol. The van der Waals surface area contributed by atoms with E-state index in [1.165, 1.54) is 11.1 Å². The van der Waals surface area contributed by atoms with Crippen molar-refractivity contribution in [1.82, 2.24) is 0 Å². The van der Waals surface area contributed by atoms with Gasteiger partial charge < -0.3 is 9.26 Å². The third kappa shape index (κ3) is 4.52. The van der Waals surface area contributed by atoms with Gasteiger partial charge in [-0.15, -0.1) is 0 Å². The molecule has 0 heterocycles. The first-order chi connectivity index (χ1) is 12.1. The van der Waals surface area contributed by atoms with Gasteiger partial charge in [0.1, 0.15) is 11.5 Å². The summed E-state index contributed by atoms with van der Waals surface area (Å²) in [5.74, 6) is 1.47. The van der Waals surface area contributed by atoms with Crippen molar-refractivity contribution in [2.24, 2.45) is 0 Å². The van der Waals surface area contributed by atoms with Crippen molar-refractivity contribution in [2.75, 3.05) is 13.8 Å². The van der Waals surface area contributed by atoms with Crippen molar-refractivity contribution in [3.63, 3.8) is 0 Å². The van der Waals surface area contributed by atoms with Crippen LogP contribution in [0.3, 0.4) is 0 Å². The summed E-state index contributed by atoms with van der Waals surface area (Å²) in [4.78, 5) is 0. The SMILES string of the molecule is COc1ccc(Cc2ccc(OP(C)(=O)c3ccccc3)cc2)cc1. The highest BCUT2D eigenvalue weighted by molar-refractivity contribution is 7.66. The lowest BCUT2D eigenvalue weighted by Crippen LogP contribution is -2.07. The minimum Gasteiger partial charge on any atom is -0.497 e. The second-order valence-corrected chi connectivity index (χ2v) is 8.33. The fourth-order valence-corrected chi connectivity index (χ4v) is 3.94. The van der Waals surface area contributed by atoms with Crippen LogP contribution in [0.5, 0.6) is 11.5 Å². The van der Waals surface area contributed by atoms with E-state index in [-0.39, 0.29) is 0 Å². The first-order valence-electron chi connectivity index (χ1n) is 8.11. The van der Waals surface area contributed by atoms with E-state index in [4.69, 9.17) is 9.26 Å². The summed E-state index contributed by atoms with van der Waals surface area (Å²) >= 11 is 0. The molecule has 0 aromatic heterocycles. The second-order valence-electron chi connectivity index (χ2n) is 5.94. The van der Waals surface area contributed by atoms with Crippen molar-refractivity contribution in [3.8, 4) is 11.5 Å². The van der Waals surface area contributed by atoms with Crippen LogP contribution in [0.15, 0.2) is 78.9 Å². The molecule has 0 saturated heterocycles. The van der Waals surface area contributed by atoms with Gasteiger partial charge in [-0.2, -0.15) is 0 Å². The average Bonchev–Trinajstić information content (AvgIpc) is 2.64. The number of hydrogen-bond donors (Lipinski definition) is 0. The zero-order valence-electron chi connectivity index (χ0n) is 14.4. The van der Waals surface area contributed by atoms with E-state index in [1.54, 1.807) is 13.8 Å². The molecule has 1 unspecified atom stereocenters. The van der Waals surface area contributed by atoms with Gasteiger partial charge in [0, 0.05) is 12.0 Å². The molecule has 1 atom stereocenters. The van der Waals surface area contributed by atoms with Gasteiger partial charge in [-0.05, 0) is 53.9 Å². The standard InChI is InChI=1S/C21H21O3P/c1-23-19-12-8-17(9-13-19)16-18-10-14-20(15-11-18)24-25(2,22)21-6-4-3-5-7-21/h3-15H,16H2,1-2H3. The fraction of sp³-hybridized carbons (Fsp3) is 0.143. The Morgan fingerprint density at radius 3 is 1.80 bits per heavy atom. The molecule has 0 N–H and O–H groups in total. The van der Waals surface area contributed by atoms with E-state index in [9.17, 15) is 4.57 Å². The molecule has 0 bridgehead atoms. The van der Waals surface area contributed by atoms with E-state index in [2.05, 4.69) is 12.1 Å². The molecule has 0 spiro atoms. The van der Waals surface area contributed by atoms with Crippen molar-refractivity contribution in [2.45, 2.75) is 6.42 Å². The molecule has 3 nitrogen and oxygen atoms in total. The Balaban J connectivity index is 1.68. The zero-order chi connectivity index (χ0) is 17.7. The topological polar surface area (TPSA) is 35.5 Å². The highest BCUT2D eigenvalue weighted by Crippen LogP contribution is 2.41. The molecule has 4 heteroatoms. The van der Waals surface area contributed by atoms with Crippen molar-refractivity contribution >= 4 is 12.7 Å². The summed E-state index contributed by atoms with van der Waals surface area (Å²) in [5, 5.41) is 0.720. The summed E-state index contributed by atoms with van der Waals surface area (Å²) in [6.07, 6.45) is 0.826. The van der Waals surface area contributed by atoms with Crippen LogP contribution in [0.25, 0.3) is 0 Å². The Hall–Kier alpha value is -2.51. The Bertz CT molecular complexity index is 856. The lowest BCUT2D eigenvalue weighted by molar-refractivity contribution is 0.414. The van der Waals surface area contributed by atoms with Crippen LogP contribution < -0.4 is 14.6 Å². The highest BCUT2D eigenvalue weighted by atomic mass is 31.2. The molecular weight excluding hydrogens is 331 g/mol. The van der Waals surface area contributed by atoms with E-state index in [1.807, 2.05) is 66.7 Å². The van der Waals surface area contributed by atoms with Crippen molar-refractivity contribution in [1.29, 1.82) is 0 Å². The second kappa shape index (κ2) is 7.58. The van der Waals surface area contributed by atoms with Gasteiger partial charge in [0.2, 0.25) is 0 Å². The van der Waals surface area contributed by atoms with Gasteiger partial charge in [-0.3, -0.25) is 4.57 Å². The van der Waals surface area contributed by atoms with Gasteiger partial charge >= 0.3 is 0 Å². The lowest BCUT2D eigenvalue weighted by atomic mass is 10.0. The van der Waals surface area contributed by atoms with Crippen LogP contribution in [0.4, 0.5) is 0 Å². The molecule has 3 aromatic carbocycles. The first kappa shape index (κ1) is 17.3. The van der Waals surface area contributed by atoms with E-state index in [0.29, 0.717) is 5.75 Å². The molecule has 0 aliphatic heterocycles. The van der Waals surface area contributed by atoms with E-state index < -0.39 is 7.37 Å². The summed E-state index contributed by atoms with van der Waals surface area (Å²) in [6, 6.07) is 25.1. The predicted octanol–water partition coefficient (Wildman–Crippen LogP) is 4.90. The van der Waals surface area contributed by atoms with Gasteiger partial charge in [-0.25, -0.2) is 0 Å². The average molecular weight is 352 g/mol. The maximum atomic E-state index is 12.8. The van der Waals surface area contributed by atoms with Crippen molar-refractivity contribution in [3.05, 3.63) is 90.0 Å². The summed E-state index contributed by atoms with van der Waals surface area (Å²) in [7, 11) is -1.21. The minimum absolute atomic E-state index is 0.619. The lowest BCUT2D eigenvalue weighted by Gasteiger charge is -2.15. The first-order valence-corrected chi connectivity index (χ1v) is 10.2. The highest BCUT2D eigenvalue weighted by Gasteiger charge is 2.20. The van der Waals surface area contributed by atoms with E-state index in [0.717, 1.165) is 17.5 Å². The number of hydrogen-bond acceptors (Lipinski definition) is 3. The minimum atomic E-state index is -2.87. The van der Waals surface area contributed by atoms with Crippen LogP contribution in [-0.4, -0.2) is 13.8 Å². The molecule has 0 amide bonds. The Morgan fingerprint density at radius 1 is 0.760 bits per heavy atom. The maximum Gasteiger partial charge on any atom is 0.274 e. The van der Waals surface area contributed by atoms with Crippen LogP contribution in [0.1, 0.15) is 11.1 Å². The fourth-order valence-electron chi connectivity index (χ4n) is 2.60. The third-order valence-electron chi connectivity index (χ3n) is 4.00. The molecule has 25 heavy (non-hydrogen) atoms. The predicted molar refractivity (Wildman–Crippen MR) is 102 cm³/mol. The largest absolute Gasteiger partial charge is 0.497 e. The van der Waals surface area contributed by atoms with Crippen LogP contribution in [-0.2, 0) is 11.0 Å². The maximum absolute atomic E-state index is 12.8. The van der Waals surface area contributed by atoms with Gasteiger partial charge in [0.15, 0.2) is 0 Å². The zero-order valence-corrected chi connectivity index (χ0v) is 15.3. The van der Waals surface area contributed by atoms with Crippen LogP contribution in [0, 0.1) is 0 Å². The third-order valence-corrected chi connectivity index (χ3v) is 5.79. The van der Waals surface area contributed by atoms with Crippen LogP contribution in [0.2, 0.25) is 0 Å². The summed E-state index contributed by atoms with van der Waals surface area (Å²) in [6.45, 7) is 1.65. The molecule has 0 aliphatic carbocycles. The summed E-state index contributed by atoms with van der Waals surface area (Å²) in [5.41, 5.74) is 2.38. The molecule has 0 radical (unpaired) electrons. The van der Waals surface area contributed by atoms with Gasteiger partial charge in [0.05, 0.1) is 7.11 Å². The number of rotatable bonds is 6. The molecule has 0 aliphatic rings. The normalized spacial score (nSPS) is 13.0. The van der Waals surface area contributed by atoms with Crippen molar-refractivity contribution < 1.29 is 13.8 Å². The number of benzene rings is 3. The quantitative estimate of drug-likeness (QED) is 0.592. The van der Waals surface area contributed by atoms with Gasteiger partial charge in [-0.1, -0.05) is 42.5 Å². The Morgan fingerprint density at radius 2 is 1.28 bits per heavy atom.